The highest BCUT2D eigenvalue weighted by Gasteiger charge is 2.57. The predicted molar refractivity (Wildman–Crippen MR) is 51.5 cm³/mol. The van der Waals surface area contributed by atoms with Gasteiger partial charge in [0, 0.05) is 5.92 Å². The van der Waals surface area contributed by atoms with E-state index in [1.54, 1.807) is 0 Å². The first-order valence-electron chi connectivity index (χ1n) is 5.18. The van der Waals surface area contributed by atoms with Crippen molar-refractivity contribution < 1.29 is 14.6 Å². The SMILES string of the molecule is COC(=O)[C@H]1[C@H]2CCC/C=C\[C@@H](O)[C@H]21. The molecule has 3 heteroatoms. The van der Waals surface area contributed by atoms with Crippen molar-refractivity contribution in [3.8, 4) is 0 Å². The van der Waals surface area contributed by atoms with E-state index in [0.29, 0.717) is 5.92 Å². The molecule has 0 aromatic carbocycles. The molecule has 14 heavy (non-hydrogen) atoms. The van der Waals surface area contributed by atoms with E-state index in [0.717, 1.165) is 19.3 Å². The first-order valence-corrected chi connectivity index (χ1v) is 5.18. The molecule has 2 aliphatic carbocycles. The maximum absolute atomic E-state index is 11.4. The molecule has 1 fully saturated rings. The van der Waals surface area contributed by atoms with Gasteiger partial charge >= 0.3 is 5.97 Å². The minimum Gasteiger partial charge on any atom is -0.469 e. The minimum atomic E-state index is -0.454. The number of hydrogen-bond acceptors (Lipinski definition) is 3. The van der Waals surface area contributed by atoms with Crippen LogP contribution < -0.4 is 0 Å². The van der Waals surface area contributed by atoms with E-state index in [1.165, 1.54) is 7.11 Å². The average Bonchev–Trinajstić information content (AvgIpc) is 2.86. The van der Waals surface area contributed by atoms with E-state index in [-0.39, 0.29) is 17.8 Å². The zero-order chi connectivity index (χ0) is 10.1. The van der Waals surface area contributed by atoms with Crippen molar-refractivity contribution in [2.24, 2.45) is 17.8 Å². The number of aliphatic hydroxyl groups excluding tert-OH is 1. The number of carbonyl (C=O) groups is 1. The summed E-state index contributed by atoms with van der Waals surface area (Å²) in [5.41, 5.74) is 0. The number of esters is 1. The third kappa shape index (κ3) is 1.57. The maximum Gasteiger partial charge on any atom is 0.309 e. The molecule has 0 aromatic heterocycles. The van der Waals surface area contributed by atoms with Crippen molar-refractivity contribution in [1.29, 1.82) is 0 Å². The lowest BCUT2D eigenvalue weighted by atomic mass is 10.0. The van der Waals surface area contributed by atoms with Crippen molar-refractivity contribution in [3.05, 3.63) is 12.2 Å². The summed E-state index contributed by atoms with van der Waals surface area (Å²) in [6.45, 7) is 0. The highest BCUT2D eigenvalue weighted by Crippen LogP contribution is 2.53. The summed E-state index contributed by atoms with van der Waals surface area (Å²) >= 11 is 0. The van der Waals surface area contributed by atoms with Gasteiger partial charge in [-0.25, -0.2) is 0 Å². The average molecular weight is 196 g/mol. The molecule has 0 amide bonds. The number of carbonyl (C=O) groups excluding carboxylic acids is 1. The predicted octanol–water partition coefficient (Wildman–Crippen LogP) is 1.12. The first-order chi connectivity index (χ1) is 6.75. The second-order valence-corrected chi connectivity index (χ2v) is 4.14. The summed E-state index contributed by atoms with van der Waals surface area (Å²) in [7, 11) is 1.41. The van der Waals surface area contributed by atoms with Gasteiger partial charge < -0.3 is 9.84 Å². The van der Waals surface area contributed by atoms with Gasteiger partial charge in [0.15, 0.2) is 0 Å². The third-order valence-electron chi connectivity index (χ3n) is 3.34. The number of rotatable bonds is 1. The molecular formula is C11H16O3. The van der Waals surface area contributed by atoms with Gasteiger partial charge in [-0.3, -0.25) is 4.79 Å². The lowest BCUT2D eigenvalue weighted by Crippen LogP contribution is -2.12. The lowest BCUT2D eigenvalue weighted by Gasteiger charge is -2.06. The van der Waals surface area contributed by atoms with Crippen molar-refractivity contribution in [1.82, 2.24) is 0 Å². The molecule has 0 spiro atoms. The van der Waals surface area contributed by atoms with Gasteiger partial charge in [-0.2, -0.15) is 0 Å². The smallest absolute Gasteiger partial charge is 0.309 e. The fraction of sp³-hybridized carbons (Fsp3) is 0.727. The Hall–Kier alpha value is -0.830. The highest BCUT2D eigenvalue weighted by atomic mass is 16.5. The van der Waals surface area contributed by atoms with Crippen LogP contribution in [-0.2, 0) is 9.53 Å². The van der Waals surface area contributed by atoms with Crippen molar-refractivity contribution in [2.45, 2.75) is 25.4 Å². The molecule has 2 aliphatic rings. The van der Waals surface area contributed by atoms with Crippen LogP contribution in [0.25, 0.3) is 0 Å². The fourth-order valence-corrected chi connectivity index (χ4v) is 2.54. The molecule has 78 valence electrons. The van der Waals surface area contributed by atoms with Crippen LogP contribution in [0.5, 0.6) is 0 Å². The van der Waals surface area contributed by atoms with Crippen molar-refractivity contribution in [2.75, 3.05) is 7.11 Å². The molecule has 0 aliphatic heterocycles. The van der Waals surface area contributed by atoms with E-state index in [1.807, 2.05) is 12.2 Å². The number of methoxy groups -OCH3 is 1. The molecule has 1 saturated carbocycles. The van der Waals surface area contributed by atoms with E-state index >= 15 is 0 Å². The van der Waals surface area contributed by atoms with Gasteiger partial charge in [0.05, 0.1) is 19.1 Å². The number of aliphatic hydroxyl groups is 1. The van der Waals surface area contributed by atoms with Gasteiger partial charge in [0.25, 0.3) is 0 Å². The van der Waals surface area contributed by atoms with Crippen LogP contribution in [-0.4, -0.2) is 24.3 Å². The Morgan fingerprint density at radius 1 is 1.57 bits per heavy atom. The quantitative estimate of drug-likeness (QED) is 0.505. The fourth-order valence-electron chi connectivity index (χ4n) is 2.54. The zero-order valence-corrected chi connectivity index (χ0v) is 8.35. The van der Waals surface area contributed by atoms with Gasteiger partial charge in [-0.1, -0.05) is 12.2 Å². The molecule has 0 aromatic rings. The van der Waals surface area contributed by atoms with E-state index in [2.05, 4.69) is 0 Å². The first kappa shape index (κ1) is 9.71. The second kappa shape index (κ2) is 3.73. The van der Waals surface area contributed by atoms with Crippen LogP contribution in [0.1, 0.15) is 19.3 Å². The topological polar surface area (TPSA) is 46.5 Å². The number of allylic oxidation sites excluding steroid dienone is 1. The second-order valence-electron chi connectivity index (χ2n) is 4.14. The Labute approximate surface area is 83.8 Å². The Morgan fingerprint density at radius 3 is 3.07 bits per heavy atom. The van der Waals surface area contributed by atoms with Gasteiger partial charge in [0.2, 0.25) is 0 Å². The summed E-state index contributed by atoms with van der Waals surface area (Å²) in [6.07, 6.45) is 6.52. The molecule has 2 rings (SSSR count). The summed E-state index contributed by atoms with van der Waals surface area (Å²) in [5.74, 6) is 0.244. The Balaban J connectivity index is 2.06. The third-order valence-corrected chi connectivity index (χ3v) is 3.34. The van der Waals surface area contributed by atoms with Crippen molar-refractivity contribution in [3.63, 3.8) is 0 Å². The highest BCUT2D eigenvalue weighted by molar-refractivity contribution is 5.76. The Bertz CT molecular complexity index is 259. The molecule has 3 nitrogen and oxygen atoms in total. The van der Waals surface area contributed by atoms with Crippen molar-refractivity contribution >= 4 is 5.97 Å². The number of fused-ring (bicyclic) bond motifs is 1. The van der Waals surface area contributed by atoms with Crippen LogP contribution in [0.15, 0.2) is 12.2 Å². The van der Waals surface area contributed by atoms with Crippen LogP contribution in [0.2, 0.25) is 0 Å². The van der Waals surface area contributed by atoms with E-state index in [4.69, 9.17) is 4.74 Å². The monoisotopic (exact) mass is 196 g/mol. The molecule has 0 radical (unpaired) electrons. The Morgan fingerprint density at radius 2 is 2.36 bits per heavy atom. The van der Waals surface area contributed by atoms with Crippen LogP contribution in [0, 0.1) is 17.8 Å². The Kier molecular flexibility index (Phi) is 2.59. The van der Waals surface area contributed by atoms with Crippen LogP contribution in [0.4, 0.5) is 0 Å². The normalized spacial score (nSPS) is 43.0. The summed E-state index contributed by atoms with van der Waals surface area (Å²) in [4.78, 5) is 11.4. The largest absolute Gasteiger partial charge is 0.469 e. The van der Waals surface area contributed by atoms with Crippen LogP contribution >= 0.6 is 0 Å². The van der Waals surface area contributed by atoms with Gasteiger partial charge in [-0.15, -0.1) is 0 Å². The molecule has 0 heterocycles. The van der Waals surface area contributed by atoms with Gasteiger partial charge in [0.1, 0.15) is 0 Å². The van der Waals surface area contributed by atoms with E-state index < -0.39 is 6.10 Å². The molecule has 0 bridgehead atoms. The molecule has 0 unspecified atom stereocenters. The summed E-state index contributed by atoms with van der Waals surface area (Å²) in [6, 6.07) is 0. The standard InChI is InChI=1S/C11H16O3/c1-14-11(13)10-7-5-3-2-4-6-8(12)9(7)10/h4,6-10,12H,2-3,5H2,1H3/b6-4-/t7-,8+,9-,10-/m0/s1. The summed E-state index contributed by atoms with van der Waals surface area (Å²) in [5, 5.41) is 9.74. The minimum absolute atomic E-state index is 0.0576. The number of ether oxygens (including phenoxy) is 1. The zero-order valence-electron chi connectivity index (χ0n) is 8.35. The molecule has 1 N–H and O–H groups in total. The maximum atomic E-state index is 11.4. The van der Waals surface area contributed by atoms with E-state index in [9.17, 15) is 9.90 Å². The van der Waals surface area contributed by atoms with Crippen LogP contribution in [0.3, 0.4) is 0 Å². The molecule has 0 saturated heterocycles. The summed E-state index contributed by atoms with van der Waals surface area (Å²) < 4.78 is 4.72. The molecular weight excluding hydrogens is 180 g/mol. The lowest BCUT2D eigenvalue weighted by molar-refractivity contribution is -0.143. The molecule has 4 atom stereocenters. The van der Waals surface area contributed by atoms with Gasteiger partial charge in [-0.05, 0) is 25.2 Å². The number of hydrogen-bond donors (Lipinski definition) is 1.